The van der Waals surface area contributed by atoms with Gasteiger partial charge in [0.05, 0.1) is 11.8 Å². The number of benzene rings is 1. The van der Waals surface area contributed by atoms with Gasteiger partial charge in [-0.05, 0) is 31.4 Å². The first-order valence-electron chi connectivity index (χ1n) is 6.73. The van der Waals surface area contributed by atoms with Crippen LogP contribution in [0.4, 0.5) is 0 Å². The second-order valence-corrected chi connectivity index (χ2v) is 5.10. The van der Waals surface area contributed by atoms with Crippen molar-refractivity contribution in [2.45, 2.75) is 31.8 Å². The van der Waals surface area contributed by atoms with Crippen LogP contribution in [0, 0.1) is 0 Å². The highest BCUT2D eigenvalue weighted by molar-refractivity contribution is 5.59. The van der Waals surface area contributed by atoms with E-state index in [1.54, 1.807) is 13.4 Å². The highest BCUT2D eigenvalue weighted by Gasteiger charge is 2.25. The van der Waals surface area contributed by atoms with Crippen LogP contribution in [0.5, 0.6) is 0 Å². The fraction of sp³-hybridized carbons (Fsp3) is 0.375. The normalized spacial score (nSPS) is 16.3. The molecule has 1 atom stereocenters. The molecule has 3 nitrogen and oxygen atoms in total. The first kappa shape index (κ1) is 12.3. The van der Waals surface area contributed by atoms with Crippen molar-refractivity contribution in [1.29, 1.82) is 0 Å². The Morgan fingerprint density at radius 3 is 2.53 bits per heavy atom. The molecular formula is C16H18N2O. The minimum atomic E-state index is 0.126. The van der Waals surface area contributed by atoms with Crippen LogP contribution < -0.4 is 0 Å². The quantitative estimate of drug-likeness (QED) is 0.834. The van der Waals surface area contributed by atoms with E-state index in [1.807, 2.05) is 6.92 Å². The standard InChI is InChI=1S/C16H18N2O/c1-11(19-2)12-3-5-13(6-4-12)15-9-16(14-7-8-14)18-10-17-15/h3-6,9-11,14H,7-8H2,1-2H3/t11-/m0/s1. The Balaban J connectivity index is 1.87. The van der Waals surface area contributed by atoms with Crippen LogP contribution in [-0.2, 0) is 4.74 Å². The van der Waals surface area contributed by atoms with Gasteiger partial charge in [0.25, 0.3) is 0 Å². The van der Waals surface area contributed by atoms with Gasteiger partial charge in [-0.2, -0.15) is 0 Å². The Kier molecular flexibility index (Phi) is 3.30. The van der Waals surface area contributed by atoms with Gasteiger partial charge in [0.15, 0.2) is 0 Å². The van der Waals surface area contributed by atoms with Gasteiger partial charge >= 0.3 is 0 Å². The van der Waals surface area contributed by atoms with E-state index in [0.29, 0.717) is 5.92 Å². The summed E-state index contributed by atoms with van der Waals surface area (Å²) in [4.78, 5) is 8.73. The van der Waals surface area contributed by atoms with E-state index in [9.17, 15) is 0 Å². The minimum absolute atomic E-state index is 0.126. The maximum Gasteiger partial charge on any atom is 0.116 e. The summed E-state index contributed by atoms with van der Waals surface area (Å²) in [7, 11) is 1.73. The van der Waals surface area contributed by atoms with E-state index in [2.05, 4.69) is 40.3 Å². The fourth-order valence-corrected chi connectivity index (χ4v) is 2.19. The molecule has 0 radical (unpaired) electrons. The number of hydrogen-bond acceptors (Lipinski definition) is 3. The first-order chi connectivity index (χ1) is 9.28. The zero-order valence-corrected chi connectivity index (χ0v) is 11.3. The molecule has 0 unspecified atom stereocenters. The smallest absolute Gasteiger partial charge is 0.116 e. The maximum absolute atomic E-state index is 5.32. The summed E-state index contributed by atoms with van der Waals surface area (Å²) < 4.78 is 5.32. The highest BCUT2D eigenvalue weighted by atomic mass is 16.5. The van der Waals surface area contributed by atoms with Crippen molar-refractivity contribution in [3.8, 4) is 11.3 Å². The average Bonchev–Trinajstić information content (AvgIpc) is 3.31. The number of nitrogens with zero attached hydrogens (tertiary/aromatic N) is 2. The van der Waals surface area contributed by atoms with Crippen LogP contribution in [-0.4, -0.2) is 17.1 Å². The van der Waals surface area contributed by atoms with Crippen molar-refractivity contribution < 1.29 is 4.74 Å². The van der Waals surface area contributed by atoms with Gasteiger partial charge in [0.1, 0.15) is 6.33 Å². The number of ether oxygens (including phenoxy) is 1. The highest BCUT2D eigenvalue weighted by Crippen LogP contribution is 2.39. The van der Waals surface area contributed by atoms with Gasteiger partial charge < -0.3 is 4.74 Å². The zero-order chi connectivity index (χ0) is 13.2. The minimum Gasteiger partial charge on any atom is -0.377 e. The summed E-state index contributed by atoms with van der Waals surface area (Å²) >= 11 is 0. The molecule has 1 aliphatic carbocycles. The Labute approximate surface area is 113 Å². The van der Waals surface area contributed by atoms with Gasteiger partial charge in [0, 0.05) is 24.3 Å². The number of methoxy groups -OCH3 is 1. The van der Waals surface area contributed by atoms with E-state index in [-0.39, 0.29) is 6.10 Å². The van der Waals surface area contributed by atoms with Crippen LogP contribution in [0.15, 0.2) is 36.7 Å². The molecule has 0 amide bonds. The van der Waals surface area contributed by atoms with Crippen LogP contribution in [0.3, 0.4) is 0 Å². The second-order valence-electron chi connectivity index (χ2n) is 5.10. The van der Waals surface area contributed by atoms with Crippen LogP contribution >= 0.6 is 0 Å². The van der Waals surface area contributed by atoms with Crippen molar-refractivity contribution in [2.75, 3.05) is 7.11 Å². The van der Waals surface area contributed by atoms with Gasteiger partial charge in [-0.15, -0.1) is 0 Å². The van der Waals surface area contributed by atoms with E-state index in [4.69, 9.17) is 4.74 Å². The SMILES string of the molecule is CO[C@@H](C)c1ccc(-c2cc(C3CC3)ncn2)cc1. The van der Waals surface area contributed by atoms with Crippen molar-refractivity contribution in [3.05, 3.63) is 47.9 Å². The summed E-state index contributed by atoms with van der Waals surface area (Å²) in [5, 5.41) is 0. The van der Waals surface area contributed by atoms with Crippen LogP contribution in [0.2, 0.25) is 0 Å². The third kappa shape index (κ3) is 2.66. The first-order valence-corrected chi connectivity index (χ1v) is 6.73. The monoisotopic (exact) mass is 254 g/mol. The van der Waals surface area contributed by atoms with E-state index in [0.717, 1.165) is 11.3 Å². The van der Waals surface area contributed by atoms with Crippen molar-refractivity contribution >= 4 is 0 Å². The molecule has 0 aliphatic heterocycles. The van der Waals surface area contributed by atoms with E-state index >= 15 is 0 Å². The van der Waals surface area contributed by atoms with Gasteiger partial charge in [-0.1, -0.05) is 24.3 Å². The zero-order valence-electron chi connectivity index (χ0n) is 11.3. The van der Waals surface area contributed by atoms with Crippen molar-refractivity contribution in [1.82, 2.24) is 9.97 Å². The molecule has 1 saturated carbocycles. The molecule has 0 spiro atoms. The number of rotatable bonds is 4. The predicted octanol–water partition coefficient (Wildman–Crippen LogP) is 3.73. The molecule has 3 heteroatoms. The number of aromatic nitrogens is 2. The average molecular weight is 254 g/mol. The molecule has 1 heterocycles. The molecule has 1 aromatic heterocycles. The lowest BCUT2D eigenvalue weighted by atomic mass is 10.1. The van der Waals surface area contributed by atoms with Gasteiger partial charge in [-0.3, -0.25) is 0 Å². The van der Waals surface area contributed by atoms with Crippen molar-refractivity contribution in [2.24, 2.45) is 0 Å². The Morgan fingerprint density at radius 1 is 1.16 bits per heavy atom. The van der Waals surface area contributed by atoms with E-state index < -0.39 is 0 Å². The maximum atomic E-state index is 5.32. The topological polar surface area (TPSA) is 35.0 Å². The van der Waals surface area contributed by atoms with Gasteiger partial charge in [0.2, 0.25) is 0 Å². The lowest BCUT2D eigenvalue weighted by molar-refractivity contribution is 0.119. The lowest BCUT2D eigenvalue weighted by Crippen LogP contribution is -1.96. The summed E-state index contributed by atoms with van der Waals surface area (Å²) in [6.45, 7) is 2.05. The molecule has 0 saturated heterocycles. The largest absolute Gasteiger partial charge is 0.377 e. The molecule has 2 aromatic rings. The summed E-state index contributed by atoms with van der Waals surface area (Å²) in [6.07, 6.45) is 4.33. The number of hydrogen-bond donors (Lipinski definition) is 0. The molecular weight excluding hydrogens is 236 g/mol. The lowest BCUT2D eigenvalue weighted by Gasteiger charge is -2.10. The van der Waals surface area contributed by atoms with Gasteiger partial charge in [-0.25, -0.2) is 9.97 Å². The Hall–Kier alpha value is -1.74. The molecule has 1 aliphatic rings. The van der Waals surface area contributed by atoms with E-state index in [1.165, 1.54) is 24.1 Å². The van der Waals surface area contributed by atoms with Crippen LogP contribution in [0.25, 0.3) is 11.3 Å². The summed E-state index contributed by atoms with van der Waals surface area (Å²) in [6, 6.07) is 10.5. The summed E-state index contributed by atoms with van der Waals surface area (Å²) in [5.74, 6) is 0.662. The third-order valence-electron chi connectivity index (χ3n) is 3.71. The predicted molar refractivity (Wildman–Crippen MR) is 74.9 cm³/mol. The Bertz CT molecular complexity index is 561. The molecule has 19 heavy (non-hydrogen) atoms. The molecule has 0 bridgehead atoms. The Morgan fingerprint density at radius 2 is 1.89 bits per heavy atom. The second kappa shape index (κ2) is 5.10. The fourth-order valence-electron chi connectivity index (χ4n) is 2.19. The molecule has 98 valence electrons. The molecule has 1 aromatic carbocycles. The summed E-state index contributed by atoms with van der Waals surface area (Å²) in [5.41, 5.74) is 4.51. The van der Waals surface area contributed by atoms with Crippen molar-refractivity contribution in [3.63, 3.8) is 0 Å². The third-order valence-corrected chi connectivity index (χ3v) is 3.71. The molecule has 3 rings (SSSR count). The molecule has 0 N–H and O–H groups in total. The van der Waals surface area contributed by atoms with Crippen LogP contribution in [0.1, 0.15) is 43.0 Å². The molecule has 1 fully saturated rings.